The summed E-state index contributed by atoms with van der Waals surface area (Å²) < 4.78 is 0. The zero-order chi connectivity index (χ0) is 11.9. The van der Waals surface area contributed by atoms with Gasteiger partial charge >= 0.3 is 0 Å². The number of allylic oxidation sites excluding steroid dienone is 2. The van der Waals surface area contributed by atoms with Gasteiger partial charge in [0, 0.05) is 25.1 Å². The largest absolute Gasteiger partial charge is 0.396 e. The molecule has 2 bridgehead atoms. The minimum atomic E-state index is 0.158. The maximum Gasteiger partial charge on any atom is 0.0497 e. The standard InChI is InChI=1S/C15H25NO/c1-15(11-17)5-2-6-16(10-15)9-14-8-12-3-4-13(14)7-12/h3-4,12-14,17H,2,5-11H2,1H3. The van der Waals surface area contributed by atoms with E-state index in [1.807, 2.05) is 0 Å². The molecule has 17 heavy (non-hydrogen) atoms. The van der Waals surface area contributed by atoms with Crippen LogP contribution >= 0.6 is 0 Å². The van der Waals surface area contributed by atoms with Gasteiger partial charge in [0.2, 0.25) is 0 Å². The first kappa shape index (κ1) is 11.7. The Bertz CT molecular complexity index is 314. The van der Waals surface area contributed by atoms with Crippen molar-refractivity contribution in [2.75, 3.05) is 26.2 Å². The number of rotatable bonds is 3. The highest BCUT2D eigenvalue weighted by molar-refractivity contribution is 5.10. The molecule has 2 aliphatic carbocycles. The van der Waals surface area contributed by atoms with Crippen molar-refractivity contribution < 1.29 is 5.11 Å². The summed E-state index contributed by atoms with van der Waals surface area (Å²) in [6, 6.07) is 0. The van der Waals surface area contributed by atoms with Crippen molar-refractivity contribution in [2.24, 2.45) is 23.2 Å². The maximum atomic E-state index is 9.50. The van der Waals surface area contributed by atoms with Gasteiger partial charge in [-0.1, -0.05) is 19.1 Å². The van der Waals surface area contributed by atoms with Crippen LogP contribution in [0.5, 0.6) is 0 Å². The fraction of sp³-hybridized carbons (Fsp3) is 0.867. The van der Waals surface area contributed by atoms with Crippen LogP contribution in [0.25, 0.3) is 0 Å². The molecule has 1 heterocycles. The molecular weight excluding hydrogens is 210 g/mol. The molecule has 0 aromatic carbocycles. The minimum absolute atomic E-state index is 0.158. The number of piperidine rings is 1. The van der Waals surface area contributed by atoms with E-state index in [-0.39, 0.29) is 5.41 Å². The quantitative estimate of drug-likeness (QED) is 0.759. The van der Waals surface area contributed by atoms with Crippen LogP contribution in [0.15, 0.2) is 12.2 Å². The van der Waals surface area contributed by atoms with Gasteiger partial charge in [-0.15, -0.1) is 0 Å². The molecule has 4 unspecified atom stereocenters. The predicted octanol–water partition coefficient (Wildman–Crippen LogP) is 2.29. The molecule has 2 nitrogen and oxygen atoms in total. The molecule has 1 saturated carbocycles. The molecule has 2 heteroatoms. The first-order valence-corrected chi connectivity index (χ1v) is 7.20. The first-order chi connectivity index (χ1) is 8.18. The van der Waals surface area contributed by atoms with Crippen molar-refractivity contribution in [2.45, 2.75) is 32.6 Å². The molecular formula is C15H25NO. The van der Waals surface area contributed by atoms with E-state index in [2.05, 4.69) is 24.0 Å². The molecule has 0 radical (unpaired) electrons. The molecule has 0 amide bonds. The van der Waals surface area contributed by atoms with Crippen molar-refractivity contribution in [3.63, 3.8) is 0 Å². The van der Waals surface area contributed by atoms with Gasteiger partial charge in [0.1, 0.15) is 0 Å². The summed E-state index contributed by atoms with van der Waals surface area (Å²) in [5.74, 6) is 2.65. The van der Waals surface area contributed by atoms with E-state index in [0.29, 0.717) is 6.61 Å². The van der Waals surface area contributed by atoms with Crippen LogP contribution in [0.2, 0.25) is 0 Å². The maximum absolute atomic E-state index is 9.50. The van der Waals surface area contributed by atoms with Gasteiger partial charge in [0.25, 0.3) is 0 Å². The Morgan fingerprint density at radius 1 is 1.35 bits per heavy atom. The van der Waals surface area contributed by atoms with Crippen LogP contribution in [0, 0.1) is 23.2 Å². The second kappa shape index (κ2) is 4.40. The summed E-state index contributed by atoms with van der Waals surface area (Å²) in [5, 5.41) is 9.50. The molecule has 1 N–H and O–H groups in total. The van der Waals surface area contributed by atoms with Crippen LogP contribution in [-0.2, 0) is 0 Å². The number of fused-ring (bicyclic) bond motifs is 2. The number of hydrogen-bond donors (Lipinski definition) is 1. The first-order valence-electron chi connectivity index (χ1n) is 7.20. The summed E-state index contributed by atoms with van der Waals surface area (Å²) in [6.07, 6.45) is 10.1. The van der Waals surface area contributed by atoms with Gasteiger partial charge in [0.05, 0.1) is 0 Å². The van der Waals surface area contributed by atoms with Crippen LogP contribution in [0.4, 0.5) is 0 Å². The van der Waals surface area contributed by atoms with Crippen LogP contribution in [0.3, 0.4) is 0 Å². The van der Waals surface area contributed by atoms with Crippen molar-refractivity contribution in [3.05, 3.63) is 12.2 Å². The molecule has 4 atom stereocenters. The third kappa shape index (κ3) is 2.30. The zero-order valence-electron chi connectivity index (χ0n) is 10.9. The number of hydrogen-bond acceptors (Lipinski definition) is 2. The molecule has 0 aromatic heterocycles. The SMILES string of the molecule is CC1(CO)CCCN(CC2CC3C=CC2C3)C1. The molecule has 0 aromatic rings. The third-order valence-electron chi connectivity index (χ3n) is 5.15. The van der Waals surface area contributed by atoms with Crippen molar-refractivity contribution >= 4 is 0 Å². The minimum Gasteiger partial charge on any atom is -0.396 e. The highest BCUT2D eigenvalue weighted by Crippen LogP contribution is 2.44. The van der Waals surface area contributed by atoms with E-state index in [0.717, 1.165) is 24.3 Å². The Balaban J connectivity index is 1.57. The lowest BCUT2D eigenvalue weighted by atomic mass is 9.82. The molecule has 2 fully saturated rings. The second-order valence-corrected chi connectivity index (χ2v) is 6.85. The lowest BCUT2D eigenvalue weighted by Crippen LogP contribution is -2.45. The van der Waals surface area contributed by atoms with Crippen molar-refractivity contribution in [3.8, 4) is 0 Å². The molecule has 3 aliphatic rings. The fourth-order valence-corrected chi connectivity index (χ4v) is 4.15. The molecule has 3 rings (SSSR count). The molecule has 1 aliphatic heterocycles. The van der Waals surface area contributed by atoms with Crippen molar-refractivity contribution in [1.29, 1.82) is 0 Å². The topological polar surface area (TPSA) is 23.5 Å². The number of aliphatic hydroxyl groups excluding tert-OH is 1. The number of nitrogens with zero attached hydrogens (tertiary/aromatic N) is 1. The van der Waals surface area contributed by atoms with E-state index in [4.69, 9.17) is 0 Å². The second-order valence-electron chi connectivity index (χ2n) is 6.85. The summed E-state index contributed by atoms with van der Waals surface area (Å²) in [4.78, 5) is 2.61. The number of aliphatic hydroxyl groups is 1. The summed E-state index contributed by atoms with van der Waals surface area (Å²) in [6.45, 7) is 6.19. The zero-order valence-corrected chi connectivity index (χ0v) is 10.9. The lowest BCUT2D eigenvalue weighted by Gasteiger charge is -2.41. The van der Waals surface area contributed by atoms with Crippen molar-refractivity contribution in [1.82, 2.24) is 4.90 Å². The monoisotopic (exact) mass is 235 g/mol. The van der Waals surface area contributed by atoms with Crippen LogP contribution in [-0.4, -0.2) is 36.2 Å². The van der Waals surface area contributed by atoms with Gasteiger partial charge in [-0.3, -0.25) is 0 Å². The average molecular weight is 235 g/mol. The van der Waals surface area contributed by atoms with Crippen LogP contribution in [0.1, 0.15) is 32.6 Å². The van der Waals surface area contributed by atoms with E-state index in [1.165, 1.54) is 38.8 Å². The Morgan fingerprint density at radius 2 is 2.24 bits per heavy atom. The van der Waals surface area contributed by atoms with E-state index in [1.54, 1.807) is 0 Å². The Kier molecular flexibility index (Phi) is 3.04. The Hall–Kier alpha value is -0.340. The molecule has 0 spiro atoms. The summed E-state index contributed by atoms with van der Waals surface area (Å²) in [7, 11) is 0. The van der Waals surface area contributed by atoms with Gasteiger partial charge in [-0.25, -0.2) is 0 Å². The molecule has 96 valence electrons. The highest BCUT2D eigenvalue weighted by Gasteiger charge is 2.38. The van der Waals surface area contributed by atoms with Gasteiger partial charge in [0.15, 0.2) is 0 Å². The van der Waals surface area contributed by atoms with E-state index in [9.17, 15) is 5.11 Å². The number of likely N-dealkylation sites (tertiary alicyclic amines) is 1. The van der Waals surface area contributed by atoms with Gasteiger partial charge < -0.3 is 10.0 Å². The fourth-order valence-electron chi connectivity index (χ4n) is 4.15. The van der Waals surface area contributed by atoms with Gasteiger partial charge in [-0.2, -0.15) is 0 Å². The molecule has 1 saturated heterocycles. The van der Waals surface area contributed by atoms with E-state index >= 15 is 0 Å². The predicted molar refractivity (Wildman–Crippen MR) is 69.7 cm³/mol. The van der Waals surface area contributed by atoms with Crippen LogP contribution < -0.4 is 0 Å². The smallest absolute Gasteiger partial charge is 0.0497 e. The summed E-state index contributed by atoms with van der Waals surface area (Å²) in [5.41, 5.74) is 0.158. The van der Waals surface area contributed by atoms with E-state index < -0.39 is 0 Å². The average Bonchev–Trinajstić information content (AvgIpc) is 2.91. The normalized spacial score (nSPS) is 45.6. The highest BCUT2D eigenvalue weighted by atomic mass is 16.3. The third-order valence-corrected chi connectivity index (χ3v) is 5.15. The Labute approximate surface area is 105 Å². The lowest BCUT2D eigenvalue weighted by molar-refractivity contribution is 0.0371. The van der Waals surface area contributed by atoms with Gasteiger partial charge in [-0.05, 0) is 50.0 Å². The summed E-state index contributed by atoms with van der Waals surface area (Å²) >= 11 is 0. The Morgan fingerprint density at radius 3 is 2.88 bits per heavy atom.